The lowest BCUT2D eigenvalue weighted by Gasteiger charge is -2.17. The summed E-state index contributed by atoms with van der Waals surface area (Å²) in [6.07, 6.45) is 0.422. The molecule has 1 amide bonds. The molecule has 0 saturated carbocycles. The first-order valence-electron chi connectivity index (χ1n) is 8.57. The Hall–Kier alpha value is -2.96. The first-order chi connectivity index (χ1) is 12.3. The highest BCUT2D eigenvalue weighted by Crippen LogP contribution is 2.20. The van der Waals surface area contributed by atoms with Gasteiger partial charge in [0.05, 0.1) is 11.1 Å². The van der Waals surface area contributed by atoms with Crippen LogP contribution in [0.5, 0.6) is 0 Å². The highest BCUT2D eigenvalue weighted by atomic mass is 16.5. The van der Waals surface area contributed by atoms with E-state index in [1.165, 1.54) is 4.68 Å². The quantitative estimate of drug-likeness (QED) is 0.777. The fraction of sp³-hybridized carbons (Fsp3) is 0.368. The van der Waals surface area contributed by atoms with Crippen molar-refractivity contribution in [2.45, 2.75) is 47.1 Å². The van der Waals surface area contributed by atoms with Crippen LogP contribution in [0.4, 0.5) is 5.69 Å². The molecule has 3 rings (SSSR count). The molecular formula is C19H22N4O3. The molecule has 0 radical (unpaired) electrons. The summed E-state index contributed by atoms with van der Waals surface area (Å²) in [5.41, 5.74) is 3.31. The number of aryl methyl sites for hydroxylation is 4. The van der Waals surface area contributed by atoms with Crippen LogP contribution in [0, 0.1) is 27.7 Å². The molecule has 3 aromatic rings. The van der Waals surface area contributed by atoms with Crippen molar-refractivity contribution < 1.29 is 9.32 Å². The number of carbonyl (C=O) groups is 1. The van der Waals surface area contributed by atoms with Gasteiger partial charge in [-0.15, -0.1) is 0 Å². The maximum Gasteiger partial charge on any atom is 0.297 e. The van der Waals surface area contributed by atoms with Gasteiger partial charge < -0.3 is 9.84 Å². The summed E-state index contributed by atoms with van der Waals surface area (Å²) in [6, 6.07) is 4.97. The predicted molar refractivity (Wildman–Crippen MR) is 99.4 cm³/mol. The first kappa shape index (κ1) is 17.8. The molecule has 7 nitrogen and oxygen atoms in total. The van der Waals surface area contributed by atoms with Crippen LogP contribution >= 0.6 is 0 Å². The number of nitrogens with one attached hydrogen (secondary N) is 1. The van der Waals surface area contributed by atoms with Crippen molar-refractivity contribution in [2.75, 3.05) is 5.32 Å². The van der Waals surface area contributed by atoms with Crippen molar-refractivity contribution in [3.05, 3.63) is 51.1 Å². The topological polar surface area (TPSA) is 90.0 Å². The number of rotatable bonds is 4. The Morgan fingerprint density at radius 3 is 2.62 bits per heavy atom. The lowest BCUT2D eigenvalue weighted by Crippen LogP contribution is -2.35. The van der Waals surface area contributed by atoms with Crippen LogP contribution in [0.2, 0.25) is 0 Å². The lowest BCUT2D eigenvalue weighted by atomic mass is 10.1. The third-order valence-corrected chi connectivity index (χ3v) is 4.65. The third-order valence-electron chi connectivity index (χ3n) is 4.65. The van der Waals surface area contributed by atoms with Gasteiger partial charge in [0.15, 0.2) is 5.52 Å². The van der Waals surface area contributed by atoms with Gasteiger partial charge in [0, 0.05) is 5.69 Å². The molecule has 1 aromatic carbocycles. The zero-order valence-electron chi connectivity index (χ0n) is 15.6. The van der Waals surface area contributed by atoms with Crippen LogP contribution < -0.4 is 10.9 Å². The molecule has 2 heterocycles. The van der Waals surface area contributed by atoms with Crippen LogP contribution in [0.1, 0.15) is 42.0 Å². The molecule has 0 aliphatic carbocycles. The molecule has 7 heteroatoms. The summed E-state index contributed by atoms with van der Waals surface area (Å²) >= 11 is 0. The molecule has 26 heavy (non-hydrogen) atoms. The number of aromatic nitrogens is 3. The Balaban J connectivity index is 1.99. The van der Waals surface area contributed by atoms with E-state index < -0.39 is 11.6 Å². The van der Waals surface area contributed by atoms with Gasteiger partial charge in [0.2, 0.25) is 5.91 Å². The third kappa shape index (κ3) is 3.00. The van der Waals surface area contributed by atoms with E-state index in [4.69, 9.17) is 4.52 Å². The number of benzene rings is 1. The average Bonchev–Trinajstić information content (AvgIpc) is 2.99. The van der Waals surface area contributed by atoms with Gasteiger partial charge in [-0.3, -0.25) is 9.59 Å². The molecule has 0 bridgehead atoms. The molecule has 0 aliphatic heterocycles. The fourth-order valence-electron chi connectivity index (χ4n) is 3.04. The molecule has 1 atom stereocenters. The Morgan fingerprint density at radius 1 is 1.23 bits per heavy atom. The Morgan fingerprint density at radius 2 is 1.96 bits per heavy atom. The maximum absolute atomic E-state index is 12.8. The summed E-state index contributed by atoms with van der Waals surface area (Å²) in [4.78, 5) is 25.5. The van der Waals surface area contributed by atoms with E-state index in [0.29, 0.717) is 28.9 Å². The maximum atomic E-state index is 12.8. The van der Waals surface area contributed by atoms with Crippen molar-refractivity contribution >= 4 is 22.5 Å². The predicted octanol–water partition coefficient (Wildman–Crippen LogP) is 3.21. The van der Waals surface area contributed by atoms with Gasteiger partial charge in [-0.25, -0.2) is 4.68 Å². The molecule has 0 saturated heterocycles. The summed E-state index contributed by atoms with van der Waals surface area (Å²) in [5, 5.41) is 11.7. The smallest absolute Gasteiger partial charge is 0.297 e. The molecule has 2 aromatic heterocycles. The first-order valence-corrected chi connectivity index (χ1v) is 8.57. The van der Waals surface area contributed by atoms with E-state index in [-0.39, 0.29) is 11.4 Å². The standard InChI is InChI=1S/C19H22N4O3/c1-6-15(18(24)20-14-8-7-10(2)11(3)9-14)23-19(25)17-16(12(4)21-23)13(5)26-22-17/h7-9,15H,6H2,1-5H3,(H,20,24)/t15-/m0/s1. The van der Waals surface area contributed by atoms with E-state index in [0.717, 1.165) is 11.1 Å². The Kier molecular flexibility index (Phi) is 4.63. The molecule has 1 N–H and O–H groups in total. The molecule has 0 unspecified atom stereocenters. The second kappa shape index (κ2) is 6.74. The fourth-order valence-corrected chi connectivity index (χ4v) is 3.04. The van der Waals surface area contributed by atoms with Crippen LogP contribution in [0.15, 0.2) is 27.5 Å². The van der Waals surface area contributed by atoms with Gasteiger partial charge >= 0.3 is 0 Å². The zero-order valence-corrected chi connectivity index (χ0v) is 15.6. The molecule has 0 fully saturated rings. The second-order valence-corrected chi connectivity index (χ2v) is 6.51. The van der Waals surface area contributed by atoms with Gasteiger partial charge in [0.25, 0.3) is 5.56 Å². The summed E-state index contributed by atoms with van der Waals surface area (Å²) in [5.74, 6) is 0.256. The van der Waals surface area contributed by atoms with Crippen molar-refractivity contribution in [3.63, 3.8) is 0 Å². The Bertz CT molecular complexity index is 1050. The van der Waals surface area contributed by atoms with E-state index in [2.05, 4.69) is 15.6 Å². The van der Waals surface area contributed by atoms with Crippen LogP contribution in [0.25, 0.3) is 10.9 Å². The van der Waals surface area contributed by atoms with Gasteiger partial charge in [-0.2, -0.15) is 5.10 Å². The highest BCUT2D eigenvalue weighted by molar-refractivity contribution is 5.94. The van der Waals surface area contributed by atoms with Crippen molar-refractivity contribution in [3.8, 4) is 0 Å². The van der Waals surface area contributed by atoms with Crippen LogP contribution in [0.3, 0.4) is 0 Å². The van der Waals surface area contributed by atoms with Crippen molar-refractivity contribution in [1.29, 1.82) is 0 Å². The minimum Gasteiger partial charge on any atom is -0.360 e. The summed E-state index contributed by atoms with van der Waals surface area (Å²) < 4.78 is 6.33. The number of fused-ring (bicyclic) bond motifs is 1. The molecule has 0 spiro atoms. The van der Waals surface area contributed by atoms with Gasteiger partial charge in [-0.05, 0) is 57.4 Å². The Labute approximate surface area is 151 Å². The average molecular weight is 354 g/mol. The molecular weight excluding hydrogens is 332 g/mol. The largest absolute Gasteiger partial charge is 0.360 e. The number of carbonyl (C=O) groups excluding carboxylic acids is 1. The van der Waals surface area contributed by atoms with Crippen LogP contribution in [-0.2, 0) is 4.79 Å². The van der Waals surface area contributed by atoms with Gasteiger partial charge in [-0.1, -0.05) is 18.1 Å². The van der Waals surface area contributed by atoms with E-state index in [1.807, 2.05) is 39.0 Å². The lowest BCUT2D eigenvalue weighted by molar-refractivity contribution is -0.119. The monoisotopic (exact) mass is 354 g/mol. The summed E-state index contributed by atoms with van der Waals surface area (Å²) in [6.45, 7) is 9.34. The SMILES string of the molecule is CC[C@@H](C(=O)Nc1ccc(C)c(C)c1)n1nc(C)c2c(C)onc2c1=O. The van der Waals surface area contributed by atoms with E-state index >= 15 is 0 Å². The second-order valence-electron chi connectivity index (χ2n) is 6.51. The number of nitrogens with zero attached hydrogens (tertiary/aromatic N) is 3. The minimum absolute atomic E-state index is 0.201. The normalized spacial score (nSPS) is 12.3. The highest BCUT2D eigenvalue weighted by Gasteiger charge is 2.24. The molecule has 136 valence electrons. The number of amides is 1. The number of hydrogen-bond acceptors (Lipinski definition) is 5. The molecule has 0 aliphatic rings. The van der Waals surface area contributed by atoms with E-state index in [9.17, 15) is 9.59 Å². The van der Waals surface area contributed by atoms with Crippen molar-refractivity contribution in [2.24, 2.45) is 0 Å². The van der Waals surface area contributed by atoms with Crippen LogP contribution in [-0.4, -0.2) is 20.8 Å². The zero-order chi connectivity index (χ0) is 19.0. The minimum atomic E-state index is -0.732. The van der Waals surface area contributed by atoms with Gasteiger partial charge in [0.1, 0.15) is 11.8 Å². The number of hydrogen-bond donors (Lipinski definition) is 1. The van der Waals surface area contributed by atoms with Crippen molar-refractivity contribution in [1.82, 2.24) is 14.9 Å². The van der Waals surface area contributed by atoms with E-state index in [1.54, 1.807) is 13.8 Å². The number of anilines is 1. The summed E-state index contributed by atoms with van der Waals surface area (Å²) in [7, 11) is 0.